The number of amidine groups is 1. The van der Waals surface area contributed by atoms with Crippen molar-refractivity contribution in [2.24, 2.45) is 10.7 Å². The average Bonchev–Trinajstić information content (AvgIpc) is 2.21. The summed E-state index contributed by atoms with van der Waals surface area (Å²) in [5, 5.41) is 0. The Balaban J connectivity index is 2.95. The fraction of sp³-hybridized carbons (Fsp3) is 0.300. The van der Waals surface area contributed by atoms with Crippen LogP contribution in [0.25, 0.3) is 0 Å². The van der Waals surface area contributed by atoms with Gasteiger partial charge in [0.1, 0.15) is 17.3 Å². The number of hydrogen-bond acceptors (Lipinski definition) is 2. The van der Waals surface area contributed by atoms with Crippen molar-refractivity contribution >= 4 is 23.1 Å². The summed E-state index contributed by atoms with van der Waals surface area (Å²) in [5.41, 5.74) is 6.25. The number of para-hydroxylation sites is 2. The first-order chi connectivity index (χ1) is 6.77. The third-order valence-corrected chi connectivity index (χ3v) is 1.84. The molecule has 1 aromatic rings. The Morgan fingerprint density at radius 1 is 1.50 bits per heavy atom. The van der Waals surface area contributed by atoms with Gasteiger partial charge in [0.15, 0.2) is 0 Å². The highest BCUT2D eigenvalue weighted by molar-refractivity contribution is 6.28. The van der Waals surface area contributed by atoms with Gasteiger partial charge < -0.3 is 10.5 Å². The molecule has 1 aromatic carbocycles. The molecule has 0 aromatic heterocycles. The van der Waals surface area contributed by atoms with Crippen molar-refractivity contribution in [3.8, 4) is 5.75 Å². The number of nitrogens with zero attached hydrogens (tertiary/aromatic N) is 1. The van der Waals surface area contributed by atoms with Crippen molar-refractivity contribution in [3.63, 3.8) is 0 Å². The van der Waals surface area contributed by atoms with E-state index in [4.69, 9.17) is 22.1 Å². The van der Waals surface area contributed by atoms with Gasteiger partial charge in [-0.2, -0.15) is 0 Å². The minimum atomic E-state index is 0.223. The lowest BCUT2D eigenvalue weighted by Crippen LogP contribution is -2.12. The summed E-state index contributed by atoms with van der Waals surface area (Å²) >= 11 is 5.53. The first-order valence-electron chi connectivity index (χ1n) is 4.38. The van der Waals surface area contributed by atoms with Gasteiger partial charge in [0.25, 0.3) is 0 Å². The molecule has 0 aliphatic heterocycles. The lowest BCUT2D eigenvalue weighted by molar-refractivity contribution is 0.341. The van der Waals surface area contributed by atoms with E-state index >= 15 is 0 Å². The molecule has 0 unspecified atom stereocenters. The third-order valence-electron chi connectivity index (χ3n) is 1.57. The number of rotatable bonds is 4. The van der Waals surface area contributed by atoms with Crippen LogP contribution in [0.15, 0.2) is 29.3 Å². The fourth-order valence-electron chi connectivity index (χ4n) is 1.01. The summed E-state index contributed by atoms with van der Waals surface area (Å²) < 4.78 is 5.38. The van der Waals surface area contributed by atoms with Crippen LogP contribution in [0.2, 0.25) is 0 Å². The molecule has 2 N–H and O–H groups in total. The van der Waals surface area contributed by atoms with Crippen LogP contribution in [-0.2, 0) is 0 Å². The van der Waals surface area contributed by atoms with E-state index in [1.54, 1.807) is 0 Å². The maximum absolute atomic E-state index is 5.53. The standard InChI is InChI=1S/C10H13ClN2O/c1-2-14-9-6-4-3-5-8(9)13-10(12)7-11/h3-6H,2,7H2,1H3,(H2,12,13). The molecule has 0 atom stereocenters. The van der Waals surface area contributed by atoms with E-state index in [1.165, 1.54) is 0 Å². The fourth-order valence-corrected chi connectivity index (χ4v) is 1.07. The average molecular weight is 213 g/mol. The van der Waals surface area contributed by atoms with Gasteiger partial charge in [-0.25, -0.2) is 4.99 Å². The normalized spacial score (nSPS) is 11.4. The summed E-state index contributed by atoms with van der Waals surface area (Å²) in [6, 6.07) is 7.46. The zero-order valence-electron chi connectivity index (χ0n) is 8.03. The molecule has 4 heteroatoms. The Hall–Kier alpha value is -1.22. The first-order valence-corrected chi connectivity index (χ1v) is 4.92. The van der Waals surface area contributed by atoms with E-state index in [-0.39, 0.29) is 5.88 Å². The molecule has 0 radical (unpaired) electrons. The Labute approximate surface area is 88.5 Å². The number of aliphatic imine (C=N–C) groups is 1. The molecule has 0 aliphatic rings. The maximum atomic E-state index is 5.53. The molecule has 0 saturated carbocycles. The van der Waals surface area contributed by atoms with Crippen LogP contribution in [0.4, 0.5) is 5.69 Å². The Morgan fingerprint density at radius 3 is 2.86 bits per heavy atom. The van der Waals surface area contributed by atoms with Crippen LogP contribution in [0, 0.1) is 0 Å². The van der Waals surface area contributed by atoms with E-state index in [1.807, 2.05) is 31.2 Å². The minimum Gasteiger partial charge on any atom is -0.492 e. The van der Waals surface area contributed by atoms with Gasteiger partial charge in [0, 0.05) is 0 Å². The van der Waals surface area contributed by atoms with Crippen LogP contribution < -0.4 is 10.5 Å². The van der Waals surface area contributed by atoms with Gasteiger partial charge in [-0.3, -0.25) is 0 Å². The highest BCUT2D eigenvalue weighted by atomic mass is 35.5. The molecule has 0 fully saturated rings. The number of nitrogens with two attached hydrogens (primary N) is 1. The smallest absolute Gasteiger partial charge is 0.144 e. The second-order valence-electron chi connectivity index (χ2n) is 2.64. The minimum absolute atomic E-state index is 0.223. The van der Waals surface area contributed by atoms with Gasteiger partial charge in [-0.1, -0.05) is 12.1 Å². The van der Waals surface area contributed by atoms with Gasteiger partial charge in [0.05, 0.1) is 12.5 Å². The van der Waals surface area contributed by atoms with Crippen molar-refractivity contribution in [2.75, 3.05) is 12.5 Å². The van der Waals surface area contributed by atoms with Gasteiger partial charge in [0.2, 0.25) is 0 Å². The summed E-state index contributed by atoms with van der Waals surface area (Å²) in [4.78, 5) is 4.13. The predicted octanol–water partition coefficient (Wildman–Crippen LogP) is 2.31. The Morgan fingerprint density at radius 2 is 2.21 bits per heavy atom. The SMILES string of the molecule is CCOc1ccccc1N=C(N)CCl. The summed E-state index contributed by atoms with van der Waals surface area (Å²) in [5.74, 6) is 1.34. The van der Waals surface area contributed by atoms with Crippen LogP contribution in [0.1, 0.15) is 6.92 Å². The Kier molecular flexibility index (Phi) is 4.26. The molecule has 76 valence electrons. The molecule has 0 saturated heterocycles. The molecule has 1 rings (SSSR count). The molecule has 3 nitrogen and oxygen atoms in total. The second kappa shape index (κ2) is 5.50. The lowest BCUT2D eigenvalue weighted by Gasteiger charge is -2.06. The monoisotopic (exact) mass is 212 g/mol. The highest BCUT2D eigenvalue weighted by Crippen LogP contribution is 2.26. The summed E-state index contributed by atoms with van der Waals surface area (Å²) in [6.45, 7) is 2.53. The second-order valence-corrected chi connectivity index (χ2v) is 2.90. The maximum Gasteiger partial charge on any atom is 0.144 e. The Bertz CT molecular complexity index is 326. The summed E-state index contributed by atoms with van der Waals surface area (Å²) in [7, 11) is 0. The van der Waals surface area contributed by atoms with E-state index in [2.05, 4.69) is 4.99 Å². The number of halogens is 1. The van der Waals surface area contributed by atoms with Crippen LogP contribution in [-0.4, -0.2) is 18.3 Å². The molecule has 0 spiro atoms. The van der Waals surface area contributed by atoms with Crippen molar-refractivity contribution in [1.82, 2.24) is 0 Å². The van der Waals surface area contributed by atoms with E-state index < -0.39 is 0 Å². The third kappa shape index (κ3) is 2.92. The molecule has 0 heterocycles. The molecule has 0 aliphatic carbocycles. The largest absolute Gasteiger partial charge is 0.492 e. The van der Waals surface area contributed by atoms with Crippen molar-refractivity contribution < 1.29 is 4.74 Å². The number of hydrogen-bond donors (Lipinski definition) is 1. The van der Waals surface area contributed by atoms with E-state index in [9.17, 15) is 0 Å². The van der Waals surface area contributed by atoms with Crippen LogP contribution in [0.5, 0.6) is 5.75 Å². The van der Waals surface area contributed by atoms with Crippen molar-refractivity contribution in [2.45, 2.75) is 6.92 Å². The van der Waals surface area contributed by atoms with Gasteiger partial charge in [-0.15, -0.1) is 11.6 Å². The van der Waals surface area contributed by atoms with Crippen LogP contribution >= 0.6 is 11.6 Å². The van der Waals surface area contributed by atoms with Gasteiger partial charge >= 0.3 is 0 Å². The zero-order valence-corrected chi connectivity index (χ0v) is 8.79. The number of alkyl halides is 1. The zero-order chi connectivity index (χ0) is 10.4. The molecule has 14 heavy (non-hydrogen) atoms. The number of ether oxygens (including phenoxy) is 1. The predicted molar refractivity (Wildman–Crippen MR) is 59.6 cm³/mol. The number of benzene rings is 1. The highest BCUT2D eigenvalue weighted by Gasteiger charge is 2.00. The van der Waals surface area contributed by atoms with E-state index in [0.29, 0.717) is 18.1 Å². The molecular weight excluding hydrogens is 200 g/mol. The van der Waals surface area contributed by atoms with Crippen molar-refractivity contribution in [1.29, 1.82) is 0 Å². The van der Waals surface area contributed by atoms with Gasteiger partial charge in [-0.05, 0) is 19.1 Å². The molecular formula is C10H13ClN2O. The molecule has 0 amide bonds. The summed E-state index contributed by atoms with van der Waals surface area (Å²) in [6.07, 6.45) is 0. The van der Waals surface area contributed by atoms with Crippen molar-refractivity contribution in [3.05, 3.63) is 24.3 Å². The topological polar surface area (TPSA) is 47.6 Å². The first kappa shape index (κ1) is 10.9. The molecule has 0 bridgehead atoms. The van der Waals surface area contributed by atoms with E-state index in [0.717, 1.165) is 5.75 Å². The lowest BCUT2D eigenvalue weighted by atomic mass is 10.3. The quantitative estimate of drug-likeness (QED) is 0.473. The van der Waals surface area contributed by atoms with Crippen LogP contribution in [0.3, 0.4) is 0 Å².